The van der Waals surface area contributed by atoms with E-state index in [-0.39, 0.29) is 5.82 Å². The van der Waals surface area contributed by atoms with Crippen molar-refractivity contribution in [3.63, 3.8) is 0 Å². The Balaban J connectivity index is 2.95. The Morgan fingerprint density at radius 3 is 2.68 bits per heavy atom. The lowest BCUT2D eigenvalue weighted by molar-refractivity contribution is 0.0953. The summed E-state index contributed by atoms with van der Waals surface area (Å²) in [6.07, 6.45) is 1.00. The van der Waals surface area contributed by atoms with E-state index in [1.54, 1.807) is 6.07 Å². The van der Waals surface area contributed by atoms with E-state index in [4.69, 9.17) is 5.84 Å². The van der Waals surface area contributed by atoms with Gasteiger partial charge in [0.1, 0.15) is 5.82 Å². The highest BCUT2D eigenvalue weighted by Crippen LogP contribution is 2.15. The molecule has 0 bridgehead atoms. The highest BCUT2D eigenvalue weighted by molar-refractivity contribution is 5.93. The molecule has 3 N–H and O–H groups in total. The maximum atomic E-state index is 13.8. The Morgan fingerprint density at radius 1 is 1.47 bits per heavy atom. The number of hydrogen-bond donors (Lipinski definition) is 2. The smallest absolute Gasteiger partial charge is 0.265 e. The molecule has 0 fully saturated rings. The highest BCUT2D eigenvalue weighted by Gasteiger charge is 2.14. The largest absolute Gasteiger partial charge is 0.297 e. The summed E-state index contributed by atoms with van der Waals surface area (Å²) >= 11 is 0. The van der Waals surface area contributed by atoms with Gasteiger partial charge in [-0.15, -0.1) is 0 Å². The molecular weight excluding hydrogens is 245 g/mol. The third-order valence-corrected chi connectivity index (χ3v) is 3.05. The lowest BCUT2D eigenvalue weighted by atomic mass is 10.1. The molecule has 4 nitrogen and oxygen atoms in total. The molecule has 1 amide bonds. The molecule has 0 aliphatic heterocycles. The Hall–Kier alpha value is -1.46. The second-order valence-corrected chi connectivity index (χ2v) is 4.84. The minimum Gasteiger partial charge on any atom is -0.297 e. The molecule has 0 saturated heterocycles. The van der Waals surface area contributed by atoms with Crippen LogP contribution in [0.1, 0.15) is 43.1 Å². The molecule has 106 valence electrons. The molecule has 1 aromatic rings. The number of carbonyl (C=O) groups is 1. The van der Waals surface area contributed by atoms with Gasteiger partial charge in [-0.25, -0.2) is 10.2 Å². The van der Waals surface area contributed by atoms with Crippen molar-refractivity contribution in [2.24, 2.45) is 5.84 Å². The van der Waals surface area contributed by atoms with Crippen molar-refractivity contribution < 1.29 is 9.18 Å². The maximum absolute atomic E-state index is 13.8. The molecule has 1 aromatic carbocycles. The molecule has 5 heteroatoms. The van der Waals surface area contributed by atoms with E-state index < -0.39 is 5.91 Å². The number of hydrazine groups is 1. The molecule has 0 atom stereocenters. The van der Waals surface area contributed by atoms with E-state index in [1.807, 2.05) is 0 Å². The fraction of sp³-hybridized carbons (Fsp3) is 0.500. The predicted octanol–water partition coefficient (Wildman–Crippen LogP) is 2.05. The van der Waals surface area contributed by atoms with Gasteiger partial charge in [0, 0.05) is 23.7 Å². The van der Waals surface area contributed by atoms with E-state index in [9.17, 15) is 9.18 Å². The van der Waals surface area contributed by atoms with Gasteiger partial charge in [-0.1, -0.05) is 6.92 Å². The van der Waals surface area contributed by atoms with Crippen molar-refractivity contribution in [1.29, 1.82) is 0 Å². The second-order valence-electron chi connectivity index (χ2n) is 4.84. The van der Waals surface area contributed by atoms with Crippen LogP contribution in [0, 0.1) is 5.82 Å². The van der Waals surface area contributed by atoms with Crippen LogP contribution in [0.15, 0.2) is 18.2 Å². The summed E-state index contributed by atoms with van der Waals surface area (Å²) in [6.45, 7) is 7.62. The molecule has 0 saturated carbocycles. The summed E-state index contributed by atoms with van der Waals surface area (Å²) in [5.74, 6) is 4.38. The molecule has 0 heterocycles. The van der Waals surface area contributed by atoms with Crippen LogP contribution in [-0.4, -0.2) is 23.4 Å². The molecule has 0 aromatic heterocycles. The summed E-state index contributed by atoms with van der Waals surface area (Å²) in [4.78, 5) is 13.6. The van der Waals surface area contributed by atoms with Gasteiger partial charge < -0.3 is 0 Å². The number of amides is 1. The van der Waals surface area contributed by atoms with Gasteiger partial charge in [-0.3, -0.25) is 15.1 Å². The van der Waals surface area contributed by atoms with Gasteiger partial charge in [-0.05, 0) is 45.0 Å². The van der Waals surface area contributed by atoms with Crippen LogP contribution in [-0.2, 0) is 6.54 Å². The Bertz CT molecular complexity index is 435. The van der Waals surface area contributed by atoms with Crippen molar-refractivity contribution in [3.05, 3.63) is 35.1 Å². The van der Waals surface area contributed by atoms with Crippen LogP contribution in [0.4, 0.5) is 4.39 Å². The molecular formula is C14H22FN3O. The summed E-state index contributed by atoms with van der Waals surface area (Å²) < 4.78 is 13.8. The second kappa shape index (κ2) is 7.21. The average molecular weight is 267 g/mol. The fourth-order valence-electron chi connectivity index (χ4n) is 1.95. The van der Waals surface area contributed by atoms with Crippen molar-refractivity contribution in [1.82, 2.24) is 10.3 Å². The Morgan fingerprint density at radius 2 is 2.16 bits per heavy atom. The minimum absolute atomic E-state index is 0.296. The number of rotatable bonds is 6. The van der Waals surface area contributed by atoms with Gasteiger partial charge in [0.15, 0.2) is 0 Å². The molecule has 0 unspecified atom stereocenters. The topological polar surface area (TPSA) is 58.4 Å². The molecule has 0 aliphatic rings. The number of carbonyl (C=O) groups excluding carboxylic acids is 1. The van der Waals surface area contributed by atoms with Crippen LogP contribution in [0.5, 0.6) is 0 Å². The first-order chi connectivity index (χ1) is 8.99. The van der Waals surface area contributed by atoms with Crippen LogP contribution < -0.4 is 11.3 Å². The number of nitrogen functional groups attached to an aromatic ring is 1. The van der Waals surface area contributed by atoms with Crippen molar-refractivity contribution in [3.8, 4) is 0 Å². The lowest BCUT2D eigenvalue weighted by Crippen LogP contribution is -2.32. The lowest BCUT2D eigenvalue weighted by Gasteiger charge is -2.26. The number of nitrogens with two attached hydrogens (primary N) is 1. The van der Waals surface area contributed by atoms with Crippen LogP contribution >= 0.6 is 0 Å². The first-order valence-electron chi connectivity index (χ1n) is 6.53. The zero-order chi connectivity index (χ0) is 14.4. The molecule has 0 radical (unpaired) electrons. The van der Waals surface area contributed by atoms with Gasteiger partial charge in [0.05, 0.1) is 0 Å². The summed E-state index contributed by atoms with van der Waals surface area (Å²) in [5, 5.41) is 0. The molecule has 19 heavy (non-hydrogen) atoms. The number of nitrogens with zero attached hydrogens (tertiary/aromatic N) is 1. The van der Waals surface area contributed by atoms with Gasteiger partial charge in [-0.2, -0.15) is 0 Å². The summed E-state index contributed by atoms with van der Waals surface area (Å²) in [7, 11) is 0. The number of benzene rings is 1. The van der Waals surface area contributed by atoms with Crippen molar-refractivity contribution >= 4 is 5.91 Å². The third-order valence-electron chi connectivity index (χ3n) is 3.05. The quantitative estimate of drug-likeness (QED) is 0.471. The van der Waals surface area contributed by atoms with Gasteiger partial charge >= 0.3 is 0 Å². The van der Waals surface area contributed by atoms with E-state index >= 15 is 0 Å². The van der Waals surface area contributed by atoms with E-state index in [1.165, 1.54) is 12.1 Å². The van der Waals surface area contributed by atoms with E-state index in [0.717, 1.165) is 13.0 Å². The zero-order valence-corrected chi connectivity index (χ0v) is 11.7. The monoisotopic (exact) mass is 267 g/mol. The number of nitrogens with one attached hydrogen (secondary N) is 1. The van der Waals surface area contributed by atoms with E-state index in [2.05, 4.69) is 31.1 Å². The highest BCUT2D eigenvalue weighted by atomic mass is 19.1. The first kappa shape index (κ1) is 15.6. The fourth-order valence-corrected chi connectivity index (χ4v) is 1.95. The maximum Gasteiger partial charge on any atom is 0.265 e. The van der Waals surface area contributed by atoms with Crippen LogP contribution in [0.3, 0.4) is 0 Å². The van der Waals surface area contributed by atoms with Gasteiger partial charge in [0.2, 0.25) is 0 Å². The Labute approximate surface area is 113 Å². The predicted molar refractivity (Wildman–Crippen MR) is 73.9 cm³/mol. The summed E-state index contributed by atoms with van der Waals surface area (Å²) in [5.41, 5.74) is 2.95. The SMILES string of the molecule is CCCN(Cc1cc(C(=O)NN)ccc1F)C(C)C. The first-order valence-corrected chi connectivity index (χ1v) is 6.53. The standard InChI is InChI=1S/C14H22FN3O/c1-4-7-18(10(2)3)9-12-8-11(14(19)17-16)5-6-13(12)15/h5-6,8,10H,4,7,9,16H2,1-3H3,(H,17,19). The molecule has 0 aliphatic carbocycles. The van der Waals surface area contributed by atoms with Crippen LogP contribution in [0.25, 0.3) is 0 Å². The van der Waals surface area contributed by atoms with E-state index in [0.29, 0.717) is 23.7 Å². The number of halogens is 1. The minimum atomic E-state index is -0.409. The van der Waals surface area contributed by atoms with Gasteiger partial charge in [0.25, 0.3) is 5.91 Å². The normalized spacial score (nSPS) is 11.1. The van der Waals surface area contributed by atoms with Crippen LogP contribution in [0.2, 0.25) is 0 Å². The molecule has 0 spiro atoms. The molecule has 1 rings (SSSR count). The Kier molecular flexibility index (Phi) is 5.92. The zero-order valence-electron chi connectivity index (χ0n) is 11.7. The summed E-state index contributed by atoms with van der Waals surface area (Å²) in [6, 6.07) is 4.62. The van der Waals surface area contributed by atoms with Crippen molar-refractivity contribution in [2.45, 2.75) is 39.8 Å². The third kappa shape index (κ3) is 4.29. The average Bonchev–Trinajstić information content (AvgIpc) is 2.39. The van der Waals surface area contributed by atoms with Crippen molar-refractivity contribution in [2.75, 3.05) is 6.54 Å². The number of hydrogen-bond acceptors (Lipinski definition) is 3.